The van der Waals surface area contributed by atoms with Gasteiger partial charge >= 0.3 is 6.09 Å². The Morgan fingerprint density at radius 2 is 2.13 bits per heavy atom. The van der Waals surface area contributed by atoms with Crippen LogP contribution in [0.3, 0.4) is 0 Å². The van der Waals surface area contributed by atoms with Crippen molar-refractivity contribution < 1.29 is 9.53 Å². The van der Waals surface area contributed by atoms with Gasteiger partial charge in [0.2, 0.25) is 0 Å². The first-order valence-electron chi connectivity index (χ1n) is 5.34. The van der Waals surface area contributed by atoms with E-state index in [1.165, 1.54) is 0 Å². The summed E-state index contributed by atoms with van der Waals surface area (Å²) < 4.78 is 5.23. The van der Waals surface area contributed by atoms with Crippen LogP contribution in [-0.2, 0) is 4.74 Å². The van der Waals surface area contributed by atoms with Crippen LogP contribution in [0.5, 0.6) is 0 Å². The molecule has 0 aromatic rings. The molecule has 0 aromatic heterocycles. The topological polar surface area (TPSA) is 67.6 Å². The van der Waals surface area contributed by atoms with Gasteiger partial charge in [-0.15, -0.1) is 0 Å². The fourth-order valence-electron chi connectivity index (χ4n) is 1.37. The van der Waals surface area contributed by atoms with E-state index in [1.54, 1.807) is 4.90 Å². The first-order chi connectivity index (χ1) is 6.92. The van der Waals surface area contributed by atoms with E-state index in [2.05, 4.69) is 5.32 Å². The largest absolute Gasteiger partial charge is 0.444 e. The molecule has 0 bridgehead atoms. The van der Waals surface area contributed by atoms with Crippen LogP contribution in [0.4, 0.5) is 4.79 Å². The van der Waals surface area contributed by atoms with Gasteiger partial charge in [-0.05, 0) is 20.8 Å². The molecule has 1 heterocycles. The van der Waals surface area contributed by atoms with E-state index in [1.807, 2.05) is 20.8 Å². The van der Waals surface area contributed by atoms with E-state index in [0.717, 1.165) is 19.6 Å². The quantitative estimate of drug-likeness (QED) is 0.703. The number of hydrogen-bond acceptors (Lipinski definition) is 4. The minimum atomic E-state index is -0.410. The zero-order valence-electron chi connectivity index (χ0n) is 9.75. The van der Waals surface area contributed by atoms with Crippen LogP contribution in [0.25, 0.3) is 0 Å². The molecule has 0 aliphatic carbocycles. The number of carbonyl (C=O) groups is 1. The van der Waals surface area contributed by atoms with Gasteiger partial charge < -0.3 is 20.7 Å². The Bertz CT molecular complexity index is 219. The third-order valence-electron chi connectivity index (χ3n) is 2.11. The van der Waals surface area contributed by atoms with E-state index in [-0.39, 0.29) is 6.09 Å². The van der Waals surface area contributed by atoms with Gasteiger partial charge in [-0.3, -0.25) is 0 Å². The Hall–Kier alpha value is -0.810. The summed E-state index contributed by atoms with van der Waals surface area (Å²) in [5.74, 6) is 0. The van der Waals surface area contributed by atoms with Gasteiger partial charge in [-0.1, -0.05) is 0 Å². The molecule has 1 amide bonds. The van der Waals surface area contributed by atoms with E-state index in [4.69, 9.17) is 10.5 Å². The predicted molar refractivity (Wildman–Crippen MR) is 58.7 cm³/mol. The second-order valence-corrected chi connectivity index (χ2v) is 4.83. The third kappa shape index (κ3) is 4.05. The van der Waals surface area contributed by atoms with E-state index < -0.39 is 5.60 Å². The average Bonchev–Trinajstić information content (AvgIpc) is 1.98. The molecule has 3 N–H and O–H groups in total. The van der Waals surface area contributed by atoms with E-state index in [0.29, 0.717) is 12.6 Å². The van der Waals surface area contributed by atoms with Crippen molar-refractivity contribution in [3.8, 4) is 0 Å². The van der Waals surface area contributed by atoms with Gasteiger partial charge in [0, 0.05) is 32.2 Å². The lowest BCUT2D eigenvalue weighted by molar-refractivity contribution is 0.00548. The zero-order chi connectivity index (χ0) is 11.5. The molecule has 1 fully saturated rings. The number of rotatable bonds is 3. The van der Waals surface area contributed by atoms with Crippen molar-refractivity contribution in [3.63, 3.8) is 0 Å². The smallest absolute Gasteiger partial charge is 0.410 e. The van der Waals surface area contributed by atoms with Crippen molar-refractivity contribution in [2.75, 3.05) is 26.2 Å². The van der Waals surface area contributed by atoms with Crippen LogP contribution in [0.2, 0.25) is 0 Å². The van der Waals surface area contributed by atoms with Gasteiger partial charge in [-0.2, -0.15) is 0 Å². The van der Waals surface area contributed by atoms with Gasteiger partial charge in [-0.25, -0.2) is 4.79 Å². The van der Waals surface area contributed by atoms with Crippen LogP contribution >= 0.6 is 0 Å². The Kier molecular flexibility index (Phi) is 3.93. The van der Waals surface area contributed by atoms with Crippen molar-refractivity contribution in [2.45, 2.75) is 32.4 Å². The molecular weight excluding hydrogens is 194 g/mol. The molecule has 1 saturated heterocycles. The Morgan fingerprint density at radius 3 is 2.60 bits per heavy atom. The molecule has 0 atom stereocenters. The van der Waals surface area contributed by atoms with Crippen LogP contribution in [0.15, 0.2) is 0 Å². The van der Waals surface area contributed by atoms with Crippen molar-refractivity contribution in [2.24, 2.45) is 5.73 Å². The highest BCUT2D eigenvalue weighted by Gasteiger charge is 2.32. The second kappa shape index (κ2) is 4.81. The maximum Gasteiger partial charge on any atom is 0.410 e. The predicted octanol–water partition coefficient (Wildman–Crippen LogP) is 0.154. The number of carbonyl (C=O) groups excluding carboxylic acids is 1. The number of amides is 1. The Balaban J connectivity index is 2.18. The summed E-state index contributed by atoms with van der Waals surface area (Å²) in [4.78, 5) is 13.2. The summed E-state index contributed by atoms with van der Waals surface area (Å²) in [5.41, 5.74) is 4.96. The highest BCUT2D eigenvalue weighted by Crippen LogP contribution is 2.14. The molecule has 0 spiro atoms. The summed E-state index contributed by atoms with van der Waals surface area (Å²) in [5, 5.41) is 3.24. The van der Waals surface area contributed by atoms with Crippen molar-refractivity contribution >= 4 is 6.09 Å². The molecule has 88 valence electrons. The van der Waals surface area contributed by atoms with Gasteiger partial charge in [0.15, 0.2) is 0 Å². The van der Waals surface area contributed by atoms with Crippen molar-refractivity contribution in [1.29, 1.82) is 0 Å². The fraction of sp³-hybridized carbons (Fsp3) is 0.900. The van der Waals surface area contributed by atoms with Gasteiger partial charge in [0.25, 0.3) is 0 Å². The molecule has 5 heteroatoms. The zero-order valence-corrected chi connectivity index (χ0v) is 9.75. The lowest BCUT2D eigenvalue weighted by Gasteiger charge is -2.40. The Morgan fingerprint density at radius 1 is 1.53 bits per heavy atom. The van der Waals surface area contributed by atoms with Crippen LogP contribution in [0, 0.1) is 0 Å². The fourth-order valence-corrected chi connectivity index (χ4v) is 1.37. The minimum absolute atomic E-state index is 0.228. The summed E-state index contributed by atoms with van der Waals surface area (Å²) in [6.45, 7) is 8.47. The molecule has 0 radical (unpaired) electrons. The minimum Gasteiger partial charge on any atom is -0.444 e. The normalized spacial score (nSPS) is 17.5. The van der Waals surface area contributed by atoms with Gasteiger partial charge in [0.05, 0.1) is 0 Å². The molecule has 5 nitrogen and oxygen atoms in total. The molecule has 0 aromatic carbocycles. The molecule has 0 saturated carbocycles. The average molecular weight is 215 g/mol. The van der Waals surface area contributed by atoms with Crippen molar-refractivity contribution in [1.82, 2.24) is 10.2 Å². The molecule has 15 heavy (non-hydrogen) atoms. The number of hydrogen-bond donors (Lipinski definition) is 2. The van der Waals surface area contributed by atoms with E-state index in [9.17, 15) is 4.79 Å². The molecule has 1 aliphatic heterocycles. The van der Waals surface area contributed by atoms with Crippen LogP contribution in [-0.4, -0.2) is 48.8 Å². The molecule has 0 unspecified atom stereocenters. The Labute approximate surface area is 90.9 Å². The monoisotopic (exact) mass is 215 g/mol. The highest BCUT2D eigenvalue weighted by atomic mass is 16.6. The maximum atomic E-state index is 11.5. The number of nitrogens with zero attached hydrogens (tertiary/aromatic N) is 1. The second-order valence-electron chi connectivity index (χ2n) is 4.83. The standard InChI is InChI=1S/C10H21N3O2/c1-10(2,3)15-9(14)13-6-8(7-13)12-5-4-11/h8,12H,4-7,11H2,1-3H3. The molecule has 1 rings (SSSR count). The number of nitrogens with two attached hydrogens (primary N) is 1. The first-order valence-corrected chi connectivity index (χ1v) is 5.34. The SMILES string of the molecule is CC(C)(C)OC(=O)N1CC(NCCN)C1. The number of ether oxygens (including phenoxy) is 1. The third-order valence-corrected chi connectivity index (χ3v) is 2.11. The molecule has 1 aliphatic rings. The van der Waals surface area contributed by atoms with Crippen LogP contribution in [0.1, 0.15) is 20.8 Å². The lowest BCUT2D eigenvalue weighted by atomic mass is 10.1. The summed E-state index contributed by atoms with van der Waals surface area (Å²) in [7, 11) is 0. The van der Waals surface area contributed by atoms with E-state index >= 15 is 0 Å². The summed E-state index contributed by atoms with van der Waals surface area (Å²) in [6.07, 6.45) is -0.228. The maximum absolute atomic E-state index is 11.5. The summed E-state index contributed by atoms with van der Waals surface area (Å²) in [6, 6.07) is 0.376. The first kappa shape index (κ1) is 12.3. The number of nitrogens with one attached hydrogen (secondary N) is 1. The highest BCUT2D eigenvalue weighted by molar-refractivity contribution is 5.69. The van der Waals surface area contributed by atoms with Gasteiger partial charge in [0.1, 0.15) is 5.60 Å². The van der Waals surface area contributed by atoms with Crippen molar-refractivity contribution in [3.05, 3.63) is 0 Å². The lowest BCUT2D eigenvalue weighted by Crippen LogP contribution is -2.61. The molecular formula is C10H21N3O2. The number of likely N-dealkylation sites (tertiary alicyclic amines) is 1. The summed E-state index contributed by atoms with van der Waals surface area (Å²) >= 11 is 0. The van der Waals surface area contributed by atoms with Crippen LogP contribution < -0.4 is 11.1 Å².